The average Bonchev–Trinajstić information content (AvgIpc) is 2.89. The van der Waals surface area contributed by atoms with Gasteiger partial charge in [0.15, 0.2) is 5.82 Å². The summed E-state index contributed by atoms with van der Waals surface area (Å²) in [6.07, 6.45) is 7.29. The van der Waals surface area contributed by atoms with Gasteiger partial charge in [0.25, 0.3) is 0 Å². The third-order valence-corrected chi connectivity index (χ3v) is 3.60. The van der Waals surface area contributed by atoms with Gasteiger partial charge in [-0.2, -0.15) is 5.10 Å². The van der Waals surface area contributed by atoms with Crippen molar-refractivity contribution in [3.63, 3.8) is 0 Å². The minimum absolute atomic E-state index is 0.816. The van der Waals surface area contributed by atoms with Crippen molar-refractivity contribution in [1.29, 1.82) is 0 Å². The molecule has 0 unspecified atom stereocenters. The number of hydrogen-bond acceptors (Lipinski definition) is 3. The van der Waals surface area contributed by atoms with Gasteiger partial charge in [-0.1, -0.05) is 37.1 Å². The maximum Gasteiger partial charge on any atom is 0.156 e. The molecule has 1 heterocycles. The topological polar surface area (TPSA) is 37.8 Å². The molecule has 1 aromatic carbocycles. The van der Waals surface area contributed by atoms with Crippen LogP contribution < -0.4 is 5.32 Å². The van der Waals surface area contributed by atoms with Gasteiger partial charge >= 0.3 is 0 Å². The molecule has 1 aliphatic carbocycles. The highest BCUT2D eigenvalue weighted by molar-refractivity contribution is 5.90. The SMILES string of the molecule is c1ccc2c(NCC3CCCC3)nncc2c1. The van der Waals surface area contributed by atoms with Crippen LogP contribution in [0.2, 0.25) is 0 Å². The van der Waals surface area contributed by atoms with Crippen LogP contribution in [0.5, 0.6) is 0 Å². The second kappa shape index (κ2) is 4.70. The Kier molecular flexibility index (Phi) is 2.90. The van der Waals surface area contributed by atoms with Crippen LogP contribution in [0.3, 0.4) is 0 Å². The lowest BCUT2D eigenvalue weighted by atomic mass is 10.1. The fourth-order valence-electron chi connectivity index (χ4n) is 2.61. The summed E-state index contributed by atoms with van der Waals surface area (Å²) in [6, 6.07) is 8.25. The summed E-state index contributed by atoms with van der Waals surface area (Å²) in [5.41, 5.74) is 0. The van der Waals surface area contributed by atoms with Crippen molar-refractivity contribution >= 4 is 16.6 Å². The summed E-state index contributed by atoms with van der Waals surface area (Å²) in [5, 5.41) is 14.0. The van der Waals surface area contributed by atoms with E-state index in [1.807, 2.05) is 18.3 Å². The van der Waals surface area contributed by atoms with Crippen molar-refractivity contribution in [2.24, 2.45) is 5.92 Å². The summed E-state index contributed by atoms with van der Waals surface area (Å²) >= 11 is 0. The van der Waals surface area contributed by atoms with E-state index in [1.165, 1.54) is 31.1 Å². The molecular weight excluding hydrogens is 210 g/mol. The molecule has 1 saturated carbocycles. The number of hydrogen-bond donors (Lipinski definition) is 1. The van der Waals surface area contributed by atoms with E-state index in [-0.39, 0.29) is 0 Å². The Morgan fingerprint density at radius 1 is 1.18 bits per heavy atom. The van der Waals surface area contributed by atoms with Crippen LogP contribution in [0, 0.1) is 5.92 Å². The molecule has 0 spiro atoms. The Hall–Kier alpha value is -1.64. The molecule has 0 radical (unpaired) electrons. The summed E-state index contributed by atoms with van der Waals surface area (Å²) < 4.78 is 0. The molecule has 1 N–H and O–H groups in total. The van der Waals surface area contributed by atoms with Gasteiger partial charge in [0.05, 0.1) is 6.20 Å². The Bertz CT molecular complexity index is 498. The van der Waals surface area contributed by atoms with Crippen LogP contribution in [0.25, 0.3) is 10.8 Å². The number of fused-ring (bicyclic) bond motifs is 1. The van der Waals surface area contributed by atoms with Crippen molar-refractivity contribution in [2.75, 3.05) is 11.9 Å². The number of anilines is 1. The molecule has 3 nitrogen and oxygen atoms in total. The van der Waals surface area contributed by atoms with E-state index in [0.717, 1.165) is 23.7 Å². The highest BCUT2D eigenvalue weighted by atomic mass is 15.2. The number of rotatable bonds is 3. The molecule has 17 heavy (non-hydrogen) atoms. The highest BCUT2D eigenvalue weighted by Crippen LogP contribution is 2.26. The zero-order valence-electron chi connectivity index (χ0n) is 9.89. The molecule has 1 aromatic heterocycles. The van der Waals surface area contributed by atoms with Crippen molar-refractivity contribution in [3.8, 4) is 0 Å². The maximum atomic E-state index is 4.21. The zero-order valence-corrected chi connectivity index (χ0v) is 9.89. The first-order valence-corrected chi connectivity index (χ1v) is 6.38. The van der Waals surface area contributed by atoms with Gasteiger partial charge in [0, 0.05) is 17.3 Å². The van der Waals surface area contributed by atoms with E-state index in [2.05, 4.69) is 27.6 Å². The van der Waals surface area contributed by atoms with Crippen molar-refractivity contribution in [2.45, 2.75) is 25.7 Å². The minimum Gasteiger partial charge on any atom is -0.368 e. The zero-order chi connectivity index (χ0) is 11.5. The number of aromatic nitrogens is 2. The standard InChI is InChI=1S/C14H17N3/c1-2-6-11(5-1)9-15-14-13-8-4-3-7-12(13)10-16-17-14/h3-4,7-8,10-11H,1-2,5-6,9H2,(H,15,17). The quantitative estimate of drug-likeness (QED) is 0.874. The second-order valence-electron chi connectivity index (χ2n) is 4.81. The van der Waals surface area contributed by atoms with Crippen LogP contribution in [0.1, 0.15) is 25.7 Å². The highest BCUT2D eigenvalue weighted by Gasteiger charge is 2.15. The molecule has 0 atom stereocenters. The number of nitrogens with one attached hydrogen (secondary N) is 1. The van der Waals surface area contributed by atoms with E-state index < -0.39 is 0 Å². The van der Waals surface area contributed by atoms with Crippen LogP contribution in [0.4, 0.5) is 5.82 Å². The van der Waals surface area contributed by atoms with Crippen molar-refractivity contribution in [3.05, 3.63) is 30.5 Å². The first-order valence-electron chi connectivity index (χ1n) is 6.38. The molecule has 0 saturated heterocycles. The Balaban J connectivity index is 1.79. The fourth-order valence-corrected chi connectivity index (χ4v) is 2.61. The van der Waals surface area contributed by atoms with Gasteiger partial charge in [-0.15, -0.1) is 5.10 Å². The Labute approximate surface area is 101 Å². The molecule has 88 valence electrons. The predicted octanol–water partition coefficient (Wildman–Crippen LogP) is 3.23. The van der Waals surface area contributed by atoms with Gasteiger partial charge < -0.3 is 5.32 Å². The van der Waals surface area contributed by atoms with Crippen molar-refractivity contribution in [1.82, 2.24) is 10.2 Å². The van der Waals surface area contributed by atoms with Crippen LogP contribution in [-0.4, -0.2) is 16.7 Å². The van der Waals surface area contributed by atoms with Gasteiger partial charge in [0.1, 0.15) is 0 Å². The molecule has 0 aliphatic heterocycles. The third-order valence-electron chi connectivity index (χ3n) is 3.60. The van der Waals surface area contributed by atoms with Gasteiger partial charge in [0.2, 0.25) is 0 Å². The molecular formula is C14H17N3. The summed E-state index contributed by atoms with van der Waals surface area (Å²) in [5.74, 6) is 1.74. The maximum absolute atomic E-state index is 4.21. The summed E-state index contributed by atoms with van der Waals surface area (Å²) in [7, 11) is 0. The van der Waals surface area contributed by atoms with E-state index in [9.17, 15) is 0 Å². The lowest BCUT2D eigenvalue weighted by Gasteiger charge is -2.12. The Morgan fingerprint density at radius 3 is 2.88 bits per heavy atom. The fraction of sp³-hybridized carbons (Fsp3) is 0.429. The molecule has 2 aromatic rings. The van der Waals surface area contributed by atoms with E-state index in [4.69, 9.17) is 0 Å². The van der Waals surface area contributed by atoms with Crippen LogP contribution in [0.15, 0.2) is 30.5 Å². The molecule has 3 heteroatoms. The number of benzene rings is 1. The minimum atomic E-state index is 0.816. The van der Waals surface area contributed by atoms with E-state index in [0.29, 0.717) is 0 Å². The molecule has 1 aliphatic rings. The molecule has 0 amide bonds. The largest absolute Gasteiger partial charge is 0.368 e. The molecule has 1 fully saturated rings. The summed E-state index contributed by atoms with van der Waals surface area (Å²) in [4.78, 5) is 0. The van der Waals surface area contributed by atoms with Gasteiger partial charge in [-0.25, -0.2) is 0 Å². The molecule has 0 bridgehead atoms. The normalized spacial score (nSPS) is 16.5. The lowest BCUT2D eigenvalue weighted by molar-refractivity contribution is 0.579. The van der Waals surface area contributed by atoms with E-state index >= 15 is 0 Å². The van der Waals surface area contributed by atoms with Crippen molar-refractivity contribution < 1.29 is 0 Å². The lowest BCUT2D eigenvalue weighted by Crippen LogP contribution is -2.12. The smallest absolute Gasteiger partial charge is 0.156 e. The average molecular weight is 227 g/mol. The van der Waals surface area contributed by atoms with Gasteiger partial charge in [-0.3, -0.25) is 0 Å². The third kappa shape index (κ3) is 2.23. The summed E-state index contributed by atoms with van der Waals surface area (Å²) in [6.45, 7) is 1.03. The first-order chi connectivity index (χ1) is 8.43. The van der Waals surface area contributed by atoms with Crippen LogP contribution >= 0.6 is 0 Å². The predicted molar refractivity (Wildman–Crippen MR) is 70.0 cm³/mol. The number of nitrogens with zero attached hydrogens (tertiary/aromatic N) is 2. The molecule has 3 rings (SSSR count). The van der Waals surface area contributed by atoms with Gasteiger partial charge in [-0.05, 0) is 18.8 Å². The first kappa shape index (κ1) is 10.5. The van der Waals surface area contributed by atoms with E-state index in [1.54, 1.807) is 0 Å². The van der Waals surface area contributed by atoms with Crippen LogP contribution in [-0.2, 0) is 0 Å². The second-order valence-corrected chi connectivity index (χ2v) is 4.81. The monoisotopic (exact) mass is 227 g/mol. The Morgan fingerprint density at radius 2 is 2.00 bits per heavy atom.